The molecule has 0 spiro atoms. The summed E-state index contributed by atoms with van der Waals surface area (Å²) < 4.78 is 41.3. The summed E-state index contributed by atoms with van der Waals surface area (Å²) in [5, 5.41) is 1.83. The third-order valence-corrected chi connectivity index (χ3v) is 3.02. The Labute approximate surface area is 127 Å². The molecule has 3 amide bonds. The van der Waals surface area contributed by atoms with Crippen LogP contribution in [0.4, 0.5) is 22.8 Å². The number of ether oxygens (including phenoxy) is 1. The second-order valence-electron chi connectivity index (χ2n) is 5.57. The number of rotatable bonds is 3. The summed E-state index contributed by atoms with van der Waals surface area (Å²) in [5.41, 5.74) is 0. The van der Waals surface area contributed by atoms with E-state index in [1.807, 2.05) is 19.2 Å². The van der Waals surface area contributed by atoms with E-state index in [9.17, 15) is 22.8 Å². The number of urea groups is 1. The first-order valence-electron chi connectivity index (χ1n) is 7.20. The van der Waals surface area contributed by atoms with Gasteiger partial charge in [-0.3, -0.25) is 0 Å². The Kier molecular flexibility index (Phi) is 6.76. The van der Waals surface area contributed by atoms with Crippen LogP contribution in [0.2, 0.25) is 0 Å². The number of alkyl halides is 3. The van der Waals surface area contributed by atoms with E-state index >= 15 is 0 Å². The molecule has 0 aromatic rings. The fraction of sp³-hybridized carbons (Fsp3) is 0.846. The van der Waals surface area contributed by atoms with Gasteiger partial charge in [0.25, 0.3) is 0 Å². The van der Waals surface area contributed by atoms with Crippen molar-refractivity contribution in [2.24, 2.45) is 5.92 Å². The van der Waals surface area contributed by atoms with Gasteiger partial charge in [0.05, 0.1) is 6.61 Å². The van der Waals surface area contributed by atoms with Crippen molar-refractivity contribution in [2.75, 3.05) is 39.3 Å². The molecule has 1 fully saturated rings. The lowest BCUT2D eigenvalue weighted by molar-refractivity contribution is -0.123. The van der Waals surface area contributed by atoms with E-state index in [4.69, 9.17) is 4.74 Å². The predicted molar refractivity (Wildman–Crippen MR) is 73.4 cm³/mol. The topological polar surface area (TPSA) is 61.9 Å². The van der Waals surface area contributed by atoms with Crippen LogP contribution in [-0.2, 0) is 4.74 Å². The Balaban J connectivity index is 2.41. The molecule has 1 rings (SSSR count). The Morgan fingerprint density at radius 1 is 1.14 bits per heavy atom. The molecule has 6 nitrogen and oxygen atoms in total. The molecule has 22 heavy (non-hydrogen) atoms. The lowest BCUT2D eigenvalue weighted by Gasteiger charge is -2.22. The van der Waals surface area contributed by atoms with Gasteiger partial charge in [-0.25, -0.2) is 9.59 Å². The minimum Gasteiger partial charge on any atom is -0.449 e. The zero-order chi connectivity index (χ0) is 16.8. The van der Waals surface area contributed by atoms with Crippen LogP contribution in [0.25, 0.3) is 0 Å². The van der Waals surface area contributed by atoms with Crippen molar-refractivity contribution in [1.29, 1.82) is 0 Å². The summed E-state index contributed by atoms with van der Waals surface area (Å²) in [6.45, 7) is 3.94. The highest BCUT2D eigenvalue weighted by Gasteiger charge is 2.29. The normalized spacial score (nSPS) is 16.5. The number of nitrogens with one attached hydrogen (secondary N) is 1. The van der Waals surface area contributed by atoms with Crippen LogP contribution >= 0.6 is 0 Å². The van der Waals surface area contributed by atoms with Gasteiger partial charge in [-0.2, -0.15) is 13.2 Å². The van der Waals surface area contributed by atoms with Crippen molar-refractivity contribution < 1.29 is 27.5 Å². The minimum absolute atomic E-state index is 0.181. The van der Waals surface area contributed by atoms with E-state index in [1.165, 1.54) is 9.80 Å². The maximum atomic E-state index is 12.1. The van der Waals surface area contributed by atoms with E-state index in [0.717, 1.165) is 0 Å². The van der Waals surface area contributed by atoms with Gasteiger partial charge >= 0.3 is 18.3 Å². The molecule has 1 heterocycles. The third kappa shape index (κ3) is 6.86. The first-order chi connectivity index (χ1) is 10.2. The maximum absolute atomic E-state index is 12.1. The molecule has 0 bridgehead atoms. The lowest BCUT2D eigenvalue weighted by atomic mass is 10.2. The molecule has 0 saturated carbocycles. The van der Waals surface area contributed by atoms with Crippen LogP contribution < -0.4 is 5.32 Å². The van der Waals surface area contributed by atoms with Gasteiger partial charge in [0.15, 0.2) is 0 Å². The summed E-state index contributed by atoms with van der Waals surface area (Å²) in [7, 11) is 0. The molecule has 0 unspecified atom stereocenters. The Morgan fingerprint density at radius 3 is 2.32 bits per heavy atom. The van der Waals surface area contributed by atoms with E-state index in [-0.39, 0.29) is 19.0 Å². The van der Waals surface area contributed by atoms with Gasteiger partial charge in [-0.15, -0.1) is 0 Å². The van der Waals surface area contributed by atoms with Crippen molar-refractivity contribution in [2.45, 2.75) is 26.4 Å². The number of hydrogen-bond acceptors (Lipinski definition) is 3. The van der Waals surface area contributed by atoms with Crippen molar-refractivity contribution >= 4 is 12.1 Å². The predicted octanol–water partition coefficient (Wildman–Crippen LogP) is 2.06. The van der Waals surface area contributed by atoms with Crippen LogP contribution in [0.15, 0.2) is 0 Å². The number of amides is 3. The monoisotopic (exact) mass is 325 g/mol. The second kappa shape index (κ2) is 8.09. The fourth-order valence-corrected chi connectivity index (χ4v) is 1.92. The smallest absolute Gasteiger partial charge is 0.409 e. The lowest BCUT2D eigenvalue weighted by Crippen LogP contribution is -2.45. The average Bonchev–Trinajstić information content (AvgIpc) is 2.67. The zero-order valence-electron chi connectivity index (χ0n) is 12.8. The highest BCUT2D eigenvalue weighted by atomic mass is 19.4. The number of halogens is 3. The first kappa shape index (κ1) is 18.4. The summed E-state index contributed by atoms with van der Waals surface area (Å²) in [6.07, 6.45) is -4.39. The Morgan fingerprint density at radius 2 is 1.73 bits per heavy atom. The summed E-state index contributed by atoms with van der Waals surface area (Å²) in [6, 6.07) is -0.769. The molecule has 0 atom stereocenters. The Bertz CT molecular complexity index is 388. The number of carbonyl (C=O) groups is 2. The van der Waals surface area contributed by atoms with E-state index in [0.29, 0.717) is 26.1 Å². The highest BCUT2D eigenvalue weighted by Crippen LogP contribution is 2.13. The van der Waals surface area contributed by atoms with Gasteiger partial charge in [0.2, 0.25) is 0 Å². The van der Waals surface area contributed by atoms with E-state index in [1.54, 1.807) is 0 Å². The molecule has 1 saturated heterocycles. The van der Waals surface area contributed by atoms with Crippen molar-refractivity contribution in [1.82, 2.24) is 15.1 Å². The zero-order valence-corrected chi connectivity index (χ0v) is 12.8. The van der Waals surface area contributed by atoms with Gasteiger partial charge in [-0.05, 0) is 12.3 Å². The molecule has 0 radical (unpaired) electrons. The first-order valence-corrected chi connectivity index (χ1v) is 7.20. The molecule has 1 aliphatic heterocycles. The molecule has 1 aliphatic rings. The summed E-state index contributed by atoms with van der Waals surface area (Å²) in [4.78, 5) is 26.2. The van der Waals surface area contributed by atoms with Crippen LogP contribution in [0.3, 0.4) is 0 Å². The molecule has 1 N–H and O–H groups in total. The number of nitrogens with zero attached hydrogens (tertiary/aromatic N) is 2. The fourth-order valence-electron chi connectivity index (χ4n) is 1.92. The quantitative estimate of drug-likeness (QED) is 0.864. The standard InChI is InChI=1S/C13H22F3N3O3/c1-10(2)8-22-12(21)19-5-3-4-18(6-7-19)11(20)17-9-13(14,15)16/h10H,3-9H2,1-2H3,(H,17,20). The molecule has 0 aromatic carbocycles. The van der Waals surface area contributed by atoms with Crippen LogP contribution in [0.5, 0.6) is 0 Å². The molecule has 0 aromatic heterocycles. The number of hydrogen-bond donors (Lipinski definition) is 1. The van der Waals surface area contributed by atoms with Crippen LogP contribution in [-0.4, -0.2) is 67.4 Å². The van der Waals surface area contributed by atoms with Crippen molar-refractivity contribution in [3.63, 3.8) is 0 Å². The van der Waals surface area contributed by atoms with Crippen LogP contribution in [0, 0.1) is 5.92 Å². The Hall–Kier alpha value is -1.67. The van der Waals surface area contributed by atoms with Gasteiger partial charge < -0.3 is 19.9 Å². The van der Waals surface area contributed by atoms with Crippen molar-refractivity contribution in [3.8, 4) is 0 Å². The average molecular weight is 325 g/mol. The highest BCUT2D eigenvalue weighted by molar-refractivity contribution is 5.74. The second-order valence-corrected chi connectivity index (χ2v) is 5.57. The molecular weight excluding hydrogens is 303 g/mol. The van der Waals surface area contributed by atoms with Crippen molar-refractivity contribution in [3.05, 3.63) is 0 Å². The van der Waals surface area contributed by atoms with Gasteiger partial charge in [-0.1, -0.05) is 13.8 Å². The molecular formula is C13H22F3N3O3. The largest absolute Gasteiger partial charge is 0.449 e. The maximum Gasteiger partial charge on any atom is 0.409 e. The molecule has 128 valence electrons. The van der Waals surface area contributed by atoms with E-state index in [2.05, 4.69) is 0 Å². The number of carbonyl (C=O) groups excluding carboxylic acids is 2. The summed E-state index contributed by atoms with van der Waals surface area (Å²) in [5.74, 6) is 0.223. The third-order valence-electron chi connectivity index (χ3n) is 3.02. The van der Waals surface area contributed by atoms with Crippen LogP contribution in [0.1, 0.15) is 20.3 Å². The molecule has 0 aliphatic carbocycles. The SMILES string of the molecule is CC(C)COC(=O)N1CCCN(C(=O)NCC(F)(F)F)CC1. The molecule has 9 heteroatoms. The van der Waals surface area contributed by atoms with Gasteiger partial charge in [0.1, 0.15) is 6.54 Å². The van der Waals surface area contributed by atoms with E-state index < -0.39 is 24.8 Å². The minimum atomic E-state index is -4.44. The van der Waals surface area contributed by atoms with Gasteiger partial charge in [0, 0.05) is 26.2 Å². The summed E-state index contributed by atoms with van der Waals surface area (Å²) >= 11 is 0.